The zero-order chi connectivity index (χ0) is 28.5. The lowest BCUT2D eigenvalue weighted by molar-refractivity contribution is 0.0628. The zero-order valence-corrected chi connectivity index (χ0v) is 24.2. The summed E-state index contributed by atoms with van der Waals surface area (Å²) in [6.45, 7) is 8.09. The lowest BCUT2D eigenvalue weighted by atomic mass is 10.0. The number of nitrogens with zero attached hydrogens (tertiary/aromatic N) is 3. The molecule has 0 radical (unpaired) electrons. The molecule has 6 nitrogen and oxygen atoms in total. The van der Waals surface area contributed by atoms with E-state index < -0.39 is 10.8 Å². The molecule has 1 fully saturated rings. The van der Waals surface area contributed by atoms with Gasteiger partial charge >= 0.3 is 0 Å². The van der Waals surface area contributed by atoms with E-state index >= 15 is 0 Å². The molecule has 1 atom stereocenters. The molecule has 0 aromatic heterocycles. The Morgan fingerprint density at radius 1 is 0.780 bits per heavy atom. The summed E-state index contributed by atoms with van der Waals surface area (Å²) in [4.78, 5) is 34.7. The fourth-order valence-corrected chi connectivity index (χ4v) is 6.97. The van der Waals surface area contributed by atoms with Crippen molar-refractivity contribution in [1.29, 1.82) is 0 Å². The van der Waals surface area contributed by atoms with Gasteiger partial charge in [0, 0.05) is 38.3 Å². The van der Waals surface area contributed by atoms with E-state index in [9.17, 15) is 13.8 Å². The summed E-state index contributed by atoms with van der Waals surface area (Å²) in [5.41, 5.74) is 5.91. The highest BCUT2D eigenvalue weighted by Crippen LogP contribution is 2.36. The van der Waals surface area contributed by atoms with Gasteiger partial charge in [0.15, 0.2) is 0 Å². The van der Waals surface area contributed by atoms with Crippen LogP contribution >= 0.6 is 0 Å². The summed E-state index contributed by atoms with van der Waals surface area (Å²) in [5, 5.41) is 0. The molecular formula is C34H33N3O3S. The van der Waals surface area contributed by atoms with Crippen LogP contribution in [-0.2, 0) is 23.9 Å². The van der Waals surface area contributed by atoms with Crippen molar-refractivity contribution < 1.29 is 13.8 Å². The average Bonchev–Trinajstić information content (AvgIpc) is 3.08. The maximum Gasteiger partial charge on any atom is 0.259 e. The summed E-state index contributed by atoms with van der Waals surface area (Å²) in [6, 6.07) is 28.9. The predicted octanol–water partition coefficient (Wildman–Crippen LogP) is 5.59. The normalized spacial score (nSPS) is 17.1. The number of amides is 2. The number of carbonyl (C=O) groups excluding carboxylic acids is 2. The Morgan fingerprint density at radius 3 is 2.29 bits per heavy atom. The standard InChI is InChI=1S/C34H33N3O3S/c1-24-12-13-25(2)28(20-24)23-37-30-21-27(14-15-32(30)41(40)31-11-7-6-10-29(31)34(37)39)33(38)36-18-16-35(17-19-36)22-26-8-4-3-5-9-26/h3-15,20-21H,16-19,22-23H2,1-2H3. The fourth-order valence-electron chi connectivity index (χ4n) is 5.63. The van der Waals surface area contributed by atoms with E-state index in [1.54, 1.807) is 47.4 Å². The maximum atomic E-state index is 14.0. The van der Waals surface area contributed by atoms with Crippen molar-refractivity contribution in [3.05, 3.63) is 124 Å². The highest BCUT2D eigenvalue weighted by atomic mass is 32.2. The minimum absolute atomic E-state index is 0.0705. The van der Waals surface area contributed by atoms with Crippen LogP contribution in [0.5, 0.6) is 0 Å². The molecule has 4 aromatic rings. The zero-order valence-electron chi connectivity index (χ0n) is 23.4. The fraction of sp³-hybridized carbons (Fsp3) is 0.235. The van der Waals surface area contributed by atoms with Gasteiger partial charge in [0.2, 0.25) is 0 Å². The van der Waals surface area contributed by atoms with Gasteiger partial charge in [-0.15, -0.1) is 0 Å². The minimum Gasteiger partial charge on any atom is -0.336 e. The topological polar surface area (TPSA) is 60.9 Å². The Bertz CT molecular complexity index is 1640. The van der Waals surface area contributed by atoms with Gasteiger partial charge in [-0.1, -0.05) is 66.2 Å². The molecule has 0 N–H and O–H groups in total. The largest absolute Gasteiger partial charge is 0.336 e. The molecule has 41 heavy (non-hydrogen) atoms. The molecule has 7 heteroatoms. The lowest BCUT2D eigenvalue weighted by Crippen LogP contribution is -2.48. The van der Waals surface area contributed by atoms with Gasteiger partial charge in [0.25, 0.3) is 11.8 Å². The number of hydrogen-bond donors (Lipinski definition) is 0. The summed E-state index contributed by atoms with van der Waals surface area (Å²) < 4.78 is 13.8. The smallest absolute Gasteiger partial charge is 0.259 e. The second kappa shape index (κ2) is 11.4. The number of benzene rings is 4. The molecule has 6 rings (SSSR count). The second-order valence-corrected chi connectivity index (χ2v) is 12.2. The number of rotatable bonds is 5. The molecule has 2 aliphatic rings. The summed E-state index contributed by atoms with van der Waals surface area (Å²) in [5.74, 6) is -0.286. The Labute approximate surface area is 243 Å². The number of hydrogen-bond acceptors (Lipinski definition) is 4. The summed E-state index contributed by atoms with van der Waals surface area (Å²) in [7, 11) is -1.56. The minimum atomic E-state index is -1.56. The molecule has 2 heterocycles. The van der Waals surface area contributed by atoms with Crippen LogP contribution in [0.25, 0.3) is 0 Å². The van der Waals surface area contributed by atoms with Crippen molar-refractivity contribution in [3.63, 3.8) is 0 Å². The van der Waals surface area contributed by atoms with Crippen LogP contribution in [0, 0.1) is 13.8 Å². The molecule has 0 aliphatic carbocycles. The van der Waals surface area contributed by atoms with E-state index in [0.29, 0.717) is 46.2 Å². The average molecular weight is 564 g/mol. The monoisotopic (exact) mass is 563 g/mol. The number of piperazine rings is 1. The Morgan fingerprint density at radius 2 is 1.51 bits per heavy atom. The molecule has 0 spiro atoms. The van der Waals surface area contributed by atoms with Gasteiger partial charge < -0.3 is 9.80 Å². The Hall–Kier alpha value is -4.07. The first-order chi connectivity index (χ1) is 19.9. The highest BCUT2D eigenvalue weighted by molar-refractivity contribution is 7.85. The van der Waals surface area contributed by atoms with Crippen LogP contribution in [0.1, 0.15) is 43.0 Å². The molecule has 2 amide bonds. The highest BCUT2D eigenvalue weighted by Gasteiger charge is 2.32. The first kappa shape index (κ1) is 27.1. The van der Waals surface area contributed by atoms with E-state index in [0.717, 1.165) is 36.3 Å². The van der Waals surface area contributed by atoms with Gasteiger partial charge in [-0.3, -0.25) is 14.5 Å². The number of anilines is 1. The molecule has 1 saturated heterocycles. The lowest BCUT2D eigenvalue weighted by Gasteiger charge is -2.35. The van der Waals surface area contributed by atoms with Crippen molar-refractivity contribution in [3.8, 4) is 0 Å². The Kier molecular flexibility index (Phi) is 7.56. The Balaban J connectivity index is 1.31. The summed E-state index contributed by atoms with van der Waals surface area (Å²) in [6.07, 6.45) is 0. The van der Waals surface area contributed by atoms with Crippen LogP contribution in [0.2, 0.25) is 0 Å². The first-order valence-electron chi connectivity index (χ1n) is 14.0. The van der Waals surface area contributed by atoms with E-state index in [2.05, 4.69) is 35.2 Å². The van der Waals surface area contributed by atoms with Crippen LogP contribution in [0.15, 0.2) is 101 Å². The maximum absolute atomic E-state index is 14.0. The van der Waals surface area contributed by atoms with Gasteiger partial charge in [-0.2, -0.15) is 0 Å². The molecule has 208 valence electrons. The van der Waals surface area contributed by atoms with E-state index in [1.807, 2.05) is 36.9 Å². The van der Waals surface area contributed by atoms with Gasteiger partial charge in [0.05, 0.1) is 38.4 Å². The van der Waals surface area contributed by atoms with E-state index in [4.69, 9.17) is 0 Å². The molecule has 0 bridgehead atoms. The third-order valence-electron chi connectivity index (χ3n) is 8.00. The summed E-state index contributed by atoms with van der Waals surface area (Å²) >= 11 is 0. The molecular weight excluding hydrogens is 530 g/mol. The van der Waals surface area contributed by atoms with Crippen molar-refractivity contribution >= 4 is 28.3 Å². The molecule has 1 unspecified atom stereocenters. The quantitative estimate of drug-likeness (QED) is 0.318. The third-order valence-corrected chi connectivity index (χ3v) is 9.50. The van der Waals surface area contributed by atoms with E-state index in [-0.39, 0.29) is 11.8 Å². The van der Waals surface area contributed by atoms with Crippen molar-refractivity contribution in [2.24, 2.45) is 0 Å². The number of carbonyl (C=O) groups is 2. The number of fused-ring (bicyclic) bond motifs is 2. The third kappa shape index (κ3) is 5.47. The van der Waals surface area contributed by atoms with Crippen LogP contribution in [-0.4, -0.2) is 52.0 Å². The second-order valence-electron chi connectivity index (χ2n) is 10.8. The first-order valence-corrected chi connectivity index (χ1v) is 15.1. The molecule has 2 aliphatic heterocycles. The van der Waals surface area contributed by atoms with Gasteiger partial charge in [-0.25, -0.2) is 4.21 Å². The predicted molar refractivity (Wildman–Crippen MR) is 162 cm³/mol. The number of aryl methyl sites for hydroxylation is 2. The van der Waals surface area contributed by atoms with Crippen LogP contribution in [0.3, 0.4) is 0 Å². The molecule has 4 aromatic carbocycles. The van der Waals surface area contributed by atoms with Crippen molar-refractivity contribution in [1.82, 2.24) is 9.80 Å². The van der Waals surface area contributed by atoms with Crippen molar-refractivity contribution in [2.45, 2.75) is 36.7 Å². The van der Waals surface area contributed by atoms with Crippen LogP contribution < -0.4 is 4.90 Å². The van der Waals surface area contributed by atoms with Crippen molar-refractivity contribution in [2.75, 3.05) is 31.1 Å². The van der Waals surface area contributed by atoms with Gasteiger partial charge in [-0.05, 0) is 60.9 Å². The van der Waals surface area contributed by atoms with Crippen LogP contribution in [0.4, 0.5) is 5.69 Å². The SMILES string of the molecule is Cc1ccc(C)c(CN2C(=O)c3ccccc3S(=O)c3ccc(C(=O)N4CCN(Cc5ccccc5)CC4)cc32)c1. The van der Waals surface area contributed by atoms with Gasteiger partial charge in [0.1, 0.15) is 0 Å². The van der Waals surface area contributed by atoms with E-state index in [1.165, 1.54) is 5.56 Å². The molecule has 0 saturated carbocycles.